The molecule has 2 atom stereocenters. The minimum atomic E-state index is -2.91. The summed E-state index contributed by atoms with van der Waals surface area (Å²) in [6.07, 6.45) is 0.700. The van der Waals surface area contributed by atoms with Gasteiger partial charge in [-0.3, -0.25) is 14.4 Å². The third-order valence-electron chi connectivity index (χ3n) is 4.73. The van der Waals surface area contributed by atoms with Gasteiger partial charge < -0.3 is 15.2 Å². The number of carbonyl (C=O) groups excluding carboxylic acids is 2. The Balaban J connectivity index is 2.36. The second-order valence-electron chi connectivity index (χ2n) is 5.56. The van der Waals surface area contributed by atoms with Crippen LogP contribution in [0.25, 0.3) is 0 Å². The Labute approximate surface area is 107 Å². The zero-order valence-corrected chi connectivity index (χ0v) is 10.5. The maximum Gasteiger partial charge on any atom is 0.322 e. The van der Waals surface area contributed by atoms with Crippen molar-refractivity contribution in [1.29, 1.82) is 0 Å². The normalized spacial score (nSPS) is 38.7. The first-order chi connectivity index (χ1) is 8.91. The lowest BCUT2D eigenvalue weighted by Gasteiger charge is -2.35. The van der Waals surface area contributed by atoms with Crippen molar-refractivity contribution >= 4 is 17.8 Å². The van der Waals surface area contributed by atoms with Crippen molar-refractivity contribution < 1.29 is 27.0 Å². The van der Waals surface area contributed by atoms with Crippen molar-refractivity contribution in [3.05, 3.63) is 0 Å². The van der Waals surface area contributed by atoms with Gasteiger partial charge in [0.1, 0.15) is 6.50 Å². The Morgan fingerprint density at radius 2 is 2.06 bits per heavy atom. The zero-order valence-electron chi connectivity index (χ0n) is 12.5. The molecule has 1 amide bonds. The Bertz CT molecular complexity index is 518. The van der Waals surface area contributed by atoms with Gasteiger partial charge >= 0.3 is 11.9 Å². The molecule has 2 bridgehead atoms. The molecule has 100 valence electrons. The third-order valence-corrected chi connectivity index (χ3v) is 4.73. The van der Waals surface area contributed by atoms with E-state index in [0.717, 1.165) is 0 Å². The number of ether oxygens (including phenoxy) is 1. The summed E-state index contributed by atoms with van der Waals surface area (Å²) >= 11 is 0. The Morgan fingerprint density at radius 1 is 1.44 bits per heavy atom. The summed E-state index contributed by atoms with van der Waals surface area (Å²) in [5, 5.41) is 10.6. The van der Waals surface area contributed by atoms with Crippen LogP contribution >= 0.6 is 0 Å². The molecule has 6 heteroatoms. The highest BCUT2D eigenvalue weighted by molar-refractivity contribution is 5.97. The number of aliphatic carboxylic acids is 1. The fourth-order valence-corrected chi connectivity index (χ4v) is 2.96. The van der Waals surface area contributed by atoms with E-state index in [1.54, 1.807) is 20.8 Å². The van der Waals surface area contributed by atoms with Gasteiger partial charge in [0.05, 0.1) is 8.16 Å². The van der Waals surface area contributed by atoms with Crippen LogP contribution in [-0.2, 0) is 19.1 Å². The SMILES string of the molecule is [2H]C([2H])(NC(=O)[C@@]12CC[C@@](C)(C(=O)O1)C2(C)C)C(=O)O. The molecule has 6 nitrogen and oxygen atoms in total. The van der Waals surface area contributed by atoms with Crippen LogP contribution in [0.2, 0.25) is 0 Å². The molecule has 0 spiro atoms. The van der Waals surface area contributed by atoms with E-state index in [2.05, 4.69) is 0 Å². The smallest absolute Gasteiger partial charge is 0.322 e. The van der Waals surface area contributed by atoms with Crippen LogP contribution in [0.4, 0.5) is 0 Å². The van der Waals surface area contributed by atoms with Crippen molar-refractivity contribution in [2.75, 3.05) is 6.50 Å². The van der Waals surface area contributed by atoms with Crippen LogP contribution in [-0.4, -0.2) is 35.1 Å². The van der Waals surface area contributed by atoms with Gasteiger partial charge in [0.25, 0.3) is 5.91 Å². The molecule has 2 rings (SSSR count). The van der Waals surface area contributed by atoms with E-state index in [1.807, 2.05) is 5.32 Å². The molecule has 0 radical (unpaired) electrons. The van der Waals surface area contributed by atoms with E-state index in [4.69, 9.17) is 12.6 Å². The van der Waals surface area contributed by atoms with Crippen LogP contribution in [0, 0.1) is 10.8 Å². The van der Waals surface area contributed by atoms with Gasteiger partial charge in [0, 0.05) is 5.41 Å². The fourth-order valence-electron chi connectivity index (χ4n) is 2.96. The predicted molar refractivity (Wildman–Crippen MR) is 60.6 cm³/mol. The largest absolute Gasteiger partial charge is 0.480 e. The molecule has 0 unspecified atom stereocenters. The number of hydrogen-bond donors (Lipinski definition) is 2. The van der Waals surface area contributed by atoms with Crippen LogP contribution in [0.5, 0.6) is 0 Å². The van der Waals surface area contributed by atoms with Crippen molar-refractivity contribution in [2.45, 2.75) is 39.2 Å². The molecule has 1 saturated heterocycles. The van der Waals surface area contributed by atoms with Crippen molar-refractivity contribution in [3.8, 4) is 0 Å². The molecule has 1 aliphatic heterocycles. The van der Waals surface area contributed by atoms with Gasteiger partial charge in [0.15, 0.2) is 5.60 Å². The van der Waals surface area contributed by atoms with Gasteiger partial charge in [-0.1, -0.05) is 13.8 Å². The van der Waals surface area contributed by atoms with Gasteiger partial charge in [-0.2, -0.15) is 0 Å². The number of carbonyl (C=O) groups is 3. The first kappa shape index (κ1) is 10.3. The van der Waals surface area contributed by atoms with Gasteiger partial charge in [0.2, 0.25) is 0 Å². The van der Waals surface area contributed by atoms with E-state index in [-0.39, 0.29) is 6.42 Å². The lowest BCUT2D eigenvalue weighted by Crippen LogP contribution is -2.54. The van der Waals surface area contributed by atoms with Crippen LogP contribution < -0.4 is 5.32 Å². The minimum absolute atomic E-state index is 0.254. The summed E-state index contributed by atoms with van der Waals surface area (Å²) in [6.45, 7) is 2.22. The van der Waals surface area contributed by atoms with Crippen LogP contribution in [0.15, 0.2) is 0 Å². The molecule has 2 N–H and O–H groups in total. The first-order valence-corrected chi connectivity index (χ1v) is 5.70. The Hall–Kier alpha value is -1.59. The molecule has 0 aromatic heterocycles. The van der Waals surface area contributed by atoms with Gasteiger partial charge in [-0.15, -0.1) is 0 Å². The summed E-state index contributed by atoms with van der Waals surface area (Å²) < 4.78 is 19.8. The van der Waals surface area contributed by atoms with Crippen LogP contribution in [0.3, 0.4) is 0 Å². The quantitative estimate of drug-likeness (QED) is 0.710. The van der Waals surface area contributed by atoms with E-state index >= 15 is 0 Å². The second-order valence-corrected chi connectivity index (χ2v) is 5.56. The van der Waals surface area contributed by atoms with Crippen LogP contribution in [0.1, 0.15) is 36.4 Å². The third kappa shape index (κ3) is 1.26. The minimum Gasteiger partial charge on any atom is -0.480 e. The summed E-state index contributed by atoms with van der Waals surface area (Å²) in [5.74, 6) is -3.20. The molecule has 1 heterocycles. The first-order valence-electron chi connectivity index (χ1n) is 6.70. The standard InChI is InChI=1S/C12H17NO5/c1-10(2)11(3)4-5-12(10,18-9(11)17)8(16)13-6-7(14)15/h4-6H2,1-3H3,(H,13,16)(H,14,15)/t11-,12+/m0/s1/i6D2. The highest BCUT2D eigenvalue weighted by Gasteiger charge is 2.75. The van der Waals surface area contributed by atoms with E-state index < -0.39 is 40.8 Å². The molecule has 0 aromatic rings. The summed E-state index contributed by atoms with van der Waals surface area (Å²) in [5.41, 5.74) is -3.17. The zero-order chi connectivity index (χ0) is 15.6. The van der Waals surface area contributed by atoms with Crippen molar-refractivity contribution in [1.82, 2.24) is 5.32 Å². The summed E-state index contributed by atoms with van der Waals surface area (Å²) in [7, 11) is 0. The number of esters is 1. The Morgan fingerprint density at radius 3 is 2.44 bits per heavy atom. The maximum absolute atomic E-state index is 12.4. The lowest BCUT2D eigenvalue weighted by molar-refractivity contribution is -0.168. The van der Waals surface area contributed by atoms with Crippen molar-refractivity contribution in [3.63, 3.8) is 0 Å². The number of carboxylic acids is 1. The van der Waals surface area contributed by atoms with E-state index in [1.165, 1.54) is 0 Å². The van der Waals surface area contributed by atoms with E-state index in [0.29, 0.717) is 6.42 Å². The second kappa shape index (κ2) is 3.46. The van der Waals surface area contributed by atoms with E-state index in [9.17, 15) is 14.4 Å². The fraction of sp³-hybridized carbons (Fsp3) is 0.750. The molecule has 2 fully saturated rings. The van der Waals surface area contributed by atoms with Gasteiger partial charge in [-0.25, -0.2) is 0 Å². The Kier molecular flexibility index (Phi) is 1.99. The van der Waals surface area contributed by atoms with Gasteiger partial charge in [-0.05, 0) is 19.8 Å². The predicted octanol–water partition coefficient (Wildman–Crippen LogP) is 0.309. The topological polar surface area (TPSA) is 92.7 Å². The molecular weight excluding hydrogens is 238 g/mol. The average Bonchev–Trinajstić information content (AvgIpc) is 2.58. The highest BCUT2D eigenvalue weighted by Crippen LogP contribution is 2.65. The number of amides is 1. The molecule has 0 aromatic carbocycles. The monoisotopic (exact) mass is 257 g/mol. The summed E-state index contributed by atoms with van der Waals surface area (Å²) in [4.78, 5) is 35.1. The average molecular weight is 257 g/mol. The number of nitrogens with one attached hydrogen (secondary N) is 1. The number of hydrogen-bond acceptors (Lipinski definition) is 4. The molecule has 1 saturated carbocycles. The molecule has 18 heavy (non-hydrogen) atoms. The number of fused-ring (bicyclic) bond motifs is 2. The number of rotatable bonds is 3. The highest BCUT2D eigenvalue weighted by atomic mass is 16.6. The lowest BCUT2D eigenvalue weighted by atomic mass is 9.66. The summed E-state index contributed by atoms with van der Waals surface area (Å²) in [6, 6.07) is 0. The number of carboxylic acid groups (broad SMARTS) is 1. The molecule has 1 aliphatic carbocycles. The molecule has 2 aliphatic rings. The van der Waals surface area contributed by atoms with Crippen molar-refractivity contribution in [2.24, 2.45) is 10.8 Å². The molecular formula is C12H17NO5. The maximum atomic E-state index is 12.4.